The summed E-state index contributed by atoms with van der Waals surface area (Å²) in [4.78, 5) is 23.8. The van der Waals surface area contributed by atoms with E-state index < -0.39 is 0 Å². The Morgan fingerprint density at radius 1 is 0.958 bits per heavy atom. The predicted octanol–water partition coefficient (Wildman–Crippen LogP) is 3.19. The first kappa shape index (κ1) is 15.9. The van der Waals surface area contributed by atoms with Gasteiger partial charge in [0.05, 0.1) is 5.71 Å². The molecule has 2 aromatic rings. The van der Waals surface area contributed by atoms with Crippen molar-refractivity contribution in [3.63, 3.8) is 0 Å². The van der Waals surface area contributed by atoms with Crippen molar-refractivity contribution in [2.75, 3.05) is 5.32 Å². The van der Waals surface area contributed by atoms with Gasteiger partial charge in [-0.25, -0.2) is 5.43 Å². The SMILES string of the molecule is C/C(=N\NC(=O)c1ccc(NC(=O)C2CC2)cc1)c1ccccc1. The van der Waals surface area contributed by atoms with Crippen LogP contribution < -0.4 is 10.7 Å². The number of rotatable bonds is 5. The first-order valence-electron chi connectivity index (χ1n) is 7.94. The summed E-state index contributed by atoms with van der Waals surface area (Å²) in [7, 11) is 0. The maximum atomic E-state index is 12.1. The number of benzene rings is 2. The molecular weight excluding hydrogens is 302 g/mol. The van der Waals surface area contributed by atoms with Crippen LogP contribution in [-0.2, 0) is 4.79 Å². The first-order chi connectivity index (χ1) is 11.6. The van der Waals surface area contributed by atoms with Gasteiger partial charge in [-0.1, -0.05) is 30.3 Å². The van der Waals surface area contributed by atoms with E-state index in [0.717, 1.165) is 24.1 Å². The normalized spacial score (nSPS) is 14.1. The van der Waals surface area contributed by atoms with Gasteiger partial charge in [0.15, 0.2) is 0 Å². The minimum absolute atomic E-state index is 0.0512. The second kappa shape index (κ2) is 7.08. The minimum atomic E-state index is -0.287. The smallest absolute Gasteiger partial charge is 0.271 e. The average Bonchev–Trinajstić information content (AvgIpc) is 3.46. The van der Waals surface area contributed by atoms with E-state index in [4.69, 9.17) is 0 Å². The van der Waals surface area contributed by atoms with Crippen LogP contribution >= 0.6 is 0 Å². The zero-order chi connectivity index (χ0) is 16.9. The fraction of sp³-hybridized carbons (Fsp3) is 0.211. The van der Waals surface area contributed by atoms with Crippen LogP contribution in [0.2, 0.25) is 0 Å². The molecule has 0 atom stereocenters. The number of carbonyl (C=O) groups excluding carboxylic acids is 2. The molecule has 3 rings (SSSR count). The molecule has 5 heteroatoms. The number of hydrazone groups is 1. The van der Waals surface area contributed by atoms with Gasteiger partial charge < -0.3 is 5.32 Å². The Hall–Kier alpha value is -2.95. The van der Waals surface area contributed by atoms with Gasteiger partial charge in [-0.05, 0) is 49.6 Å². The van der Waals surface area contributed by atoms with E-state index >= 15 is 0 Å². The second-order valence-corrected chi connectivity index (χ2v) is 5.85. The first-order valence-corrected chi connectivity index (χ1v) is 7.94. The van der Waals surface area contributed by atoms with Crippen LogP contribution in [-0.4, -0.2) is 17.5 Å². The average molecular weight is 321 g/mol. The number of nitrogens with one attached hydrogen (secondary N) is 2. The third-order valence-corrected chi connectivity index (χ3v) is 3.88. The molecule has 1 fully saturated rings. The van der Waals surface area contributed by atoms with E-state index in [0.29, 0.717) is 11.3 Å². The molecule has 2 amide bonds. The van der Waals surface area contributed by atoms with Crippen molar-refractivity contribution in [1.29, 1.82) is 0 Å². The zero-order valence-corrected chi connectivity index (χ0v) is 13.5. The maximum Gasteiger partial charge on any atom is 0.271 e. The van der Waals surface area contributed by atoms with Crippen molar-refractivity contribution in [2.24, 2.45) is 11.0 Å². The zero-order valence-electron chi connectivity index (χ0n) is 13.5. The van der Waals surface area contributed by atoms with E-state index in [1.807, 2.05) is 37.3 Å². The fourth-order valence-electron chi connectivity index (χ4n) is 2.24. The molecule has 0 heterocycles. The lowest BCUT2D eigenvalue weighted by molar-refractivity contribution is -0.117. The van der Waals surface area contributed by atoms with Crippen molar-refractivity contribution in [3.05, 3.63) is 65.7 Å². The van der Waals surface area contributed by atoms with Crippen LogP contribution in [0.5, 0.6) is 0 Å². The third-order valence-electron chi connectivity index (χ3n) is 3.88. The molecule has 0 unspecified atom stereocenters. The highest BCUT2D eigenvalue weighted by Gasteiger charge is 2.29. The number of anilines is 1. The third kappa shape index (κ3) is 4.07. The van der Waals surface area contributed by atoms with Crippen molar-refractivity contribution in [3.8, 4) is 0 Å². The molecule has 0 radical (unpaired) electrons. The number of carbonyl (C=O) groups is 2. The molecule has 0 aliphatic heterocycles. The Kier molecular flexibility index (Phi) is 4.70. The van der Waals surface area contributed by atoms with E-state index in [1.54, 1.807) is 24.3 Å². The lowest BCUT2D eigenvalue weighted by atomic mass is 10.1. The van der Waals surface area contributed by atoms with Gasteiger partial charge in [0.1, 0.15) is 0 Å². The Morgan fingerprint density at radius 2 is 1.62 bits per heavy atom. The highest BCUT2D eigenvalue weighted by atomic mass is 16.2. The molecule has 0 saturated heterocycles. The molecule has 122 valence electrons. The Labute approximate surface area is 140 Å². The van der Waals surface area contributed by atoms with E-state index in [-0.39, 0.29) is 17.7 Å². The van der Waals surface area contributed by atoms with Gasteiger partial charge in [0.2, 0.25) is 5.91 Å². The summed E-state index contributed by atoms with van der Waals surface area (Å²) in [6.07, 6.45) is 1.93. The lowest BCUT2D eigenvalue weighted by Gasteiger charge is -2.06. The Balaban J connectivity index is 1.59. The molecule has 0 bridgehead atoms. The number of amides is 2. The predicted molar refractivity (Wildman–Crippen MR) is 93.9 cm³/mol. The van der Waals surface area contributed by atoms with Crippen LogP contribution in [0.25, 0.3) is 0 Å². The molecule has 2 aromatic carbocycles. The Bertz CT molecular complexity index is 763. The summed E-state index contributed by atoms with van der Waals surface area (Å²) in [5.41, 5.74) is 5.43. The molecule has 5 nitrogen and oxygen atoms in total. The van der Waals surface area contributed by atoms with Crippen LogP contribution in [0, 0.1) is 5.92 Å². The number of nitrogens with zero attached hydrogens (tertiary/aromatic N) is 1. The molecule has 0 aromatic heterocycles. The summed E-state index contributed by atoms with van der Waals surface area (Å²) >= 11 is 0. The van der Waals surface area contributed by atoms with Crippen LogP contribution in [0.15, 0.2) is 59.7 Å². The summed E-state index contributed by atoms with van der Waals surface area (Å²) in [5.74, 6) is -0.0797. The van der Waals surface area contributed by atoms with Crippen molar-refractivity contribution in [2.45, 2.75) is 19.8 Å². The number of hydrogen-bond acceptors (Lipinski definition) is 3. The van der Waals surface area contributed by atoms with Crippen LogP contribution in [0.3, 0.4) is 0 Å². The minimum Gasteiger partial charge on any atom is -0.326 e. The van der Waals surface area contributed by atoms with Crippen molar-refractivity contribution < 1.29 is 9.59 Å². The van der Waals surface area contributed by atoms with Crippen LogP contribution in [0.1, 0.15) is 35.7 Å². The molecule has 0 spiro atoms. The maximum absolute atomic E-state index is 12.1. The highest BCUT2D eigenvalue weighted by Crippen LogP contribution is 2.30. The Morgan fingerprint density at radius 3 is 2.25 bits per heavy atom. The van der Waals surface area contributed by atoms with E-state index in [1.165, 1.54) is 0 Å². The molecule has 1 aliphatic rings. The summed E-state index contributed by atoms with van der Waals surface area (Å²) in [5, 5.41) is 6.96. The second-order valence-electron chi connectivity index (χ2n) is 5.85. The van der Waals surface area contributed by atoms with Crippen LogP contribution in [0.4, 0.5) is 5.69 Å². The van der Waals surface area contributed by atoms with Gasteiger partial charge in [0, 0.05) is 17.2 Å². The monoisotopic (exact) mass is 321 g/mol. The lowest BCUT2D eigenvalue weighted by Crippen LogP contribution is -2.19. The fourth-order valence-corrected chi connectivity index (χ4v) is 2.24. The standard InChI is InChI=1S/C19H19N3O2/c1-13(14-5-3-2-4-6-14)21-22-19(24)16-9-11-17(12-10-16)20-18(23)15-7-8-15/h2-6,9-12,15H,7-8H2,1H3,(H,20,23)(H,22,24)/b21-13+. The van der Waals surface area contributed by atoms with E-state index in [9.17, 15) is 9.59 Å². The molecule has 1 saturated carbocycles. The summed E-state index contributed by atoms with van der Waals surface area (Å²) in [6, 6.07) is 16.4. The summed E-state index contributed by atoms with van der Waals surface area (Å²) < 4.78 is 0. The molecule has 1 aliphatic carbocycles. The highest BCUT2D eigenvalue weighted by molar-refractivity contribution is 6.01. The van der Waals surface area contributed by atoms with Gasteiger partial charge in [-0.15, -0.1) is 0 Å². The van der Waals surface area contributed by atoms with Gasteiger partial charge in [-0.3, -0.25) is 9.59 Å². The largest absolute Gasteiger partial charge is 0.326 e. The van der Waals surface area contributed by atoms with Gasteiger partial charge in [0.25, 0.3) is 5.91 Å². The van der Waals surface area contributed by atoms with E-state index in [2.05, 4.69) is 15.8 Å². The topological polar surface area (TPSA) is 70.6 Å². The summed E-state index contributed by atoms with van der Waals surface area (Å²) in [6.45, 7) is 1.84. The van der Waals surface area contributed by atoms with Crippen molar-refractivity contribution >= 4 is 23.2 Å². The van der Waals surface area contributed by atoms with Crippen molar-refractivity contribution in [1.82, 2.24) is 5.43 Å². The number of hydrogen-bond donors (Lipinski definition) is 2. The molecule has 2 N–H and O–H groups in total. The van der Waals surface area contributed by atoms with Gasteiger partial charge in [-0.2, -0.15) is 5.10 Å². The van der Waals surface area contributed by atoms with Gasteiger partial charge >= 0.3 is 0 Å². The molecule has 24 heavy (non-hydrogen) atoms. The molecular formula is C19H19N3O2. The quantitative estimate of drug-likeness (QED) is 0.656.